The first-order valence-corrected chi connectivity index (χ1v) is 40.8. The molecule has 0 aliphatic carbocycles. The first-order valence-electron chi connectivity index (χ1n) is 40.8. The zero-order valence-electron chi connectivity index (χ0n) is 61.2. The number of nitrogens with one attached hydrogen (secondary N) is 1. The van der Waals surface area contributed by atoms with Crippen molar-refractivity contribution >= 4 is 11.9 Å². The second kappa shape index (κ2) is 71.2. The van der Waals surface area contributed by atoms with E-state index >= 15 is 0 Å². The summed E-state index contributed by atoms with van der Waals surface area (Å²) in [6.45, 7) is 4.31. The highest BCUT2D eigenvalue weighted by atomic mass is 16.7. The van der Waals surface area contributed by atoms with Gasteiger partial charge >= 0.3 is 5.97 Å². The summed E-state index contributed by atoms with van der Waals surface area (Å²) in [6, 6.07) is -0.829. The molecule has 0 aromatic carbocycles. The Hall–Kier alpha value is -2.12. The van der Waals surface area contributed by atoms with Crippen LogP contribution < -0.4 is 5.32 Å². The Balaban J connectivity index is 1.85. The molecule has 1 heterocycles. The van der Waals surface area contributed by atoms with Crippen LogP contribution in [-0.4, -0.2) is 100 Å². The van der Waals surface area contributed by atoms with Crippen molar-refractivity contribution in [2.45, 2.75) is 455 Å². The van der Waals surface area contributed by atoms with Gasteiger partial charge in [0.25, 0.3) is 0 Å². The van der Waals surface area contributed by atoms with Gasteiger partial charge in [-0.25, -0.2) is 0 Å². The van der Waals surface area contributed by atoms with Crippen molar-refractivity contribution in [2.75, 3.05) is 19.8 Å². The Morgan fingerprint density at radius 2 is 0.699 bits per heavy atom. The molecular formula is C82H155NO10. The van der Waals surface area contributed by atoms with Crippen LogP contribution >= 0.6 is 0 Å². The van der Waals surface area contributed by atoms with Gasteiger partial charge in [-0.2, -0.15) is 0 Å². The molecule has 1 aliphatic rings. The SMILES string of the molecule is CCC/C=C/CC/C=C/CC/C=C/C(O)C(COC1OC(CO)C(O)C(O)C1O)NC(=O)CCCCCCCCCCCCCCCCCCCCCCCCCCCCCCCCCCCCCCCCCOC(=O)CCCCCCCCCCCCCCCCC. The molecule has 0 bridgehead atoms. The van der Waals surface area contributed by atoms with Crippen molar-refractivity contribution in [1.29, 1.82) is 0 Å². The summed E-state index contributed by atoms with van der Waals surface area (Å²) in [5, 5.41) is 54.4. The number of carbonyl (C=O) groups is 2. The smallest absolute Gasteiger partial charge is 0.305 e. The third kappa shape index (κ3) is 59.6. The van der Waals surface area contributed by atoms with E-state index in [0.717, 1.165) is 70.6 Å². The second-order valence-corrected chi connectivity index (χ2v) is 28.5. The molecule has 0 saturated carbocycles. The van der Waals surface area contributed by atoms with E-state index in [1.54, 1.807) is 6.08 Å². The van der Waals surface area contributed by atoms with Crippen molar-refractivity contribution in [3.05, 3.63) is 36.5 Å². The summed E-state index contributed by atoms with van der Waals surface area (Å²) in [5.41, 5.74) is 0. The lowest BCUT2D eigenvalue weighted by molar-refractivity contribution is -0.302. The Morgan fingerprint density at radius 3 is 1.04 bits per heavy atom. The fourth-order valence-electron chi connectivity index (χ4n) is 13.1. The minimum Gasteiger partial charge on any atom is -0.466 e. The standard InChI is InChI=1S/C82H155NO10/c1-3-5-7-9-11-13-15-16-42-46-50-54-58-62-66-70-78(87)91-71-67-63-59-55-51-47-44-41-39-37-35-33-31-29-27-25-23-21-19-17-18-20-22-24-26-28-30-32-34-36-38-40-43-45-49-53-57-61-65-69-77(86)83-74(73-92-82-81(90)80(89)79(88)76(72-84)93-82)75(85)68-64-60-56-52-48-14-12-10-8-6-4-2/h8,10,48,52,64,68,74-76,79-82,84-85,88-90H,3-7,9,11-47,49-51,53-63,65-67,69-73H2,1-2H3,(H,83,86)/b10-8+,52-48+,68-64+. The lowest BCUT2D eigenvalue weighted by atomic mass is 9.99. The monoisotopic (exact) mass is 1310 g/mol. The number of allylic oxidation sites excluding steroid dienone is 5. The maximum absolute atomic E-state index is 13.1. The highest BCUT2D eigenvalue weighted by Gasteiger charge is 2.44. The van der Waals surface area contributed by atoms with Gasteiger partial charge in [0.1, 0.15) is 24.4 Å². The molecule has 548 valence electrons. The number of hydrogen-bond donors (Lipinski definition) is 6. The first-order chi connectivity index (χ1) is 45.7. The van der Waals surface area contributed by atoms with E-state index < -0.39 is 49.5 Å². The van der Waals surface area contributed by atoms with Crippen LogP contribution in [0.4, 0.5) is 0 Å². The molecule has 11 heteroatoms. The molecular weight excluding hydrogens is 1160 g/mol. The molecule has 1 aliphatic heterocycles. The van der Waals surface area contributed by atoms with E-state index in [1.807, 2.05) is 6.08 Å². The lowest BCUT2D eigenvalue weighted by Gasteiger charge is -2.40. The van der Waals surface area contributed by atoms with Gasteiger partial charge in [-0.3, -0.25) is 9.59 Å². The van der Waals surface area contributed by atoms with Crippen LogP contribution in [0.15, 0.2) is 36.5 Å². The number of aliphatic hydroxyl groups is 5. The molecule has 1 amide bonds. The van der Waals surface area contributed by atoms with Crippen LogP contribution in [0.5, 0.6) is 0 Å². The number of ether oxygens (including phenoxy) is 3. The van der Waals surface area contributed by atoms with Crippen LogP contribution in [0, 0.1) is 0 Å². The van der Waals surface area contributed by atoms with E-state index in [0.29, 0.717) is 19.4 Å². The zero-order valence-corrected chi connectivity index (χ0v) is 61.2. The minimum absolute atomic E-state index is 0.0217. The highest BCUT2D eigenvalue weighted by Crippen LogP contribution is 2.24. The normalized spacial score (nSPS) is 17.6. The van der Waals surface area contributed by atoms with E-state index in [-0.39, 0.29) is 18.5 Å². The molecule has 93 heavy (non-hydrogen) atoms. The maximum atomic E-state index is 13.1. The van der Waals surface area contributed by atoms with Crippen LogP contribution in [-0.2, 0) is 23.8 Å². The van der Waals surface area contributed by atoms with E-state index in [9.17, 15) is 35.1 Å². The summed E-state index contributed by atoms with van der Waals surface area (Å²) >= 11 is 0. The van der Waals surface area contributed by atoms with E-state index in [4.69, 9.17) is 14.2 Å². The van der Waals surface area contributed by atoms with E-state index in [2.05, 4.69) is 43.5 Å². The van der Waals surface area contributed by atoms with Gasteiger partial charge in [0.05, 0.1) is 32.0 Å². The zero-order chi connectivity index (χ0) is 67.2. The average Bonchev–Trinajstić information content (AvgIpc) is 0.962. The van der Waals surface area contributed by atoms with Crippen LogP contribution in [0.3, 0.4) is 0 Å². The first kappa shape index (κ1) is 88.9. The molecule has 1 fully saturated rings. The Bertz CT molecular complexity index is 1640. The largest absolute Gasteiger partial charge is 0.466 e. The average molecular weight is 1320 g/mol. The molecule has 1 rings (SSSR count). The topological polar surface area (TPSA) is 175 Å². The van der Waals surface area contributed by atoms with Gasteiger partial charge in [0.2, 0.25) is 5.91 Å². The highest BCUT2D eigenvalue weighted by molar-refractivity contribution is 5.76. The maximum Gasteiger partial charge on any atom is 0.305 e. The van der Waals surface area contributed by atoms with Gasteiger partial charge < -0.3 is 45.1 Å². The Labute approximate surface area is 574 Å². The lowest BCUT2D eigenvalue weighted by Crippen LogP contribution is -2.60. The fraction of sp³-hybridized carbons (Fsp3) is 0.902. The third-order valence-electron chi connectivity index (χ3n) is 19.5. The molecule has 1 saturated heterocycles. The number of aliphatic hydroxyl groups excluding tert-OH is 5. The molecule has 11 nitrogen and oxygen atoms in total. The van der Waals surface area contributed by atoms with E-state index in [1.165, 1.54) is 315 Å². The van der Waals surface area contributed by atoms with Crippen molar-refractivity contribution in [3.63, 3.8) is 0 Å². The molecule has 0 aromatic heterocycles. The second-order valence-electron chi connectivity index (χ2n) is 28.5. The summed E-state index contributed by atoms with van der Waals surface area (Å²) in [7, 11) is 0. The number of amides is 1. The summed E-state index contributed by atoms with van der Waals surface area (Å²) in [5.74, 6) is -0.168. The number of carbonyl (C=O) groups excluding carboxylic acids is 2. The quantitative estimate of drug-likeness (QED) is 0.0195. The predicted octanol–water partition coefficient (Wildman–Crippen LogP) is 22.1. The number of unbranched alkanes of at least 4 members (excludes halogenated alkanes) is 55. The Morgan fingerprint density at radius 1 is 0.387 bits per heavy atom. The van der Waals surface area contributed by atoms with Gasteiger partial charge in [-0.1, -0.05) is 384 Å². The van der Waals surface area contributed by atoms with Crippen molar-refractivity contribution < 1.29 is 49.3 Å². The molecule has 7 unspecified atom stereocenters. The van der Waals surface area contributed by atoms with Crippen molar-refractivity contribution in [3.8, 4) is 0 Å². The van der Waals surface area contributed by atoms with Gasteiger partial charge in [-0.05, 0) is 51.4 Å². The number of rotatable bonds is 73. The Kier molecular flexibility index (Phi) is 68.0. The number of hydrogen-bond acceptors (Lipinski definition) is 10. The van der Waals surface area contributed by atoms with Crippen LogP contribution in [0.25, 0.3) is 0 Å². The molecule has 0 aromatic rings. The third-order valence-corrected chi connectivity index (χ3v) is 19.5. The molecule has 0 spiro atoms. The molecule has 7 atom stereocenters. The summed E-state index contributed by atoms with van der Waals surface area (Å²) in [4.78, 5) is 25.2. The fourth-order valence-corrected chi connectivity index (χ4v) is 13.1. The molecule has 0 radical (unpaired) electrons. The van der Waals surface area contributed by atoms with Gasteiger partial charge in [-0.15, -0.1) is 0 Å². The molecule has 6 N–H and O–H groups in total. The van der Waals surface area contributed by atoms with Gasteiger partial charge in [0.15, 0.2) is 6.29 Å². The van der Waals surface area contributed by atoms with Gasteiger partial charge in [0, 0.05) is 12.8 Å². The summed E-state index contributed by atoms with van der Waals surface area (Å²) < 4.78 is 16.7. The van der Waals surface area contributed by atoms with Crippen LogP contribution in [0.1, 0.15) is 412 Å². The minimum atomic E-state index is -1.58. The summed E-state index contributed by atoms with van der Waals surface area (Å²) in [6.07, 6.45) is 83.5. The predicted molar refractivity (Wildman–Crippen MR) is 394 cm³/mol. The van der Waals surface area contributed by atoms with Crippen LogP contribution in [0.2, 0.25) is 0 Å². The van der Waals surface area contributed by atoms with Crippen molar-refractivity contribution in [1.82, 2.24) is 5.32 Å². The van der Waals surface area contributed by atoms with Crippen molar-refractivity contribution in [2.24, 2.45) is 0 Å². The number of esters is 1.